The van der Waals surface area contributed by atoms with E-state index in [-0.39, 0.29) is 40.3 Å². The van der Waals surface area contributed by atoms with Gasteiger partial charge in [-0.15, -0.1) is 0 Å². The maximum atomic E-state index is 15.1. The SMILES string of the molecule is CCOC(=O)c1c(C)nn2c(-c3cc(F)c(C)c(F)c3F)c(-c3ccccc3Cl)cnc12. The van der Waals surface area contributed by atoms with Gasteiger partial charge in [0.2, 0.25) is 0 Å². The molecule has 0 bridgehead atoms. The Hall–Kier alpha value is -3.39. The number of hydrogen-bond acceptors (Lipinski definition) is 4. The molecule has 164 valence electrons. The molecule has 0 saturated heterocycles. The van der Waals surface area contributed by atoms with E-state index >= 15 is 4.39 Å². The molecule has 2 heterocycles. The Morgan fingerprint density at radius 3 is 2.50 bits per heavy atom. The first-order valence-electron chi connectivity index (χ1n) is 9.71. The number of carbonyl (C=O) groups excluding carboxylic acids is 1. The number of ether oxygens (including phenoxy) is 1. The standard InChI is InChI=1S/C23H17ClF3N3O2/c1-4-32-23(31)18-12(3)29-30-21(14-9-17(25)11(2)19(26)20(14)27)15(10-28-22(18)30)13-7-5-6-8-16(13)24/h5-10H,4H2,1-3H3. The van der Waals surface area contributed by atoms with Crippen LogP contribution in [0.3, 0.4) is 0 Å². The van der Waals surface area contributed by atoms with Crippen LogP contribution in [0.4, 0.5) is 13.2 Å². The van der Waals surface area contributed by atoms with Gasteiger partial charge in [-0.05, 0) is 32.9 Å². The molecule has 0 radical (unpaired) electrons. The monoisotopic (exact) mass is 459 g/mol. The second kappa shape index (κ2) is 8.27. The number of aryl methyl sites for hydroxylation is 1. The quantitative estimate of drug-likeness (QED) is 0.280. The van der Waals surface area contributed by atoms with Gasteiger partial charge in [0.05, 0.1) is 18.0 Å². The van der Waals surface area contributed by atoms with Crippen LogP contribution in [-0.4, -0.2) is 27.2 Å². The molecule has 9 heteroatoms. The average Bonchev–Trinajstić information content (AvgIpc) is 3.11. The molecule has 32 heavy (non-hydrogen) atoms. The Morgan fingerprint density at radius 1 is 1.09 bits per heavy atom. The van der Waals surface area contributed by atoms with Crippen molar-refractivity contribution in [1.82, 2.24) is 14.6 Å². The number of carbonyl (C=O) groups is 1. The predicted octanol–water partition coefficient (Wildman–Crippen LogP) is 5.93. The van der Waals surface area contributed by atoms with E-state index in [0.29, 0.717) is 10.6 Å². The molecule has 0 atom stereocenters. The lowest BCUT2D eigenvalue weighted by Gasteiger charge is -2.15. The summed E-state index contributed by atoms with van der Waals surface area (Å²) in [6.45, 7) is 4.49. The summed E-state index contributed by atoms with van der Waals surface area (Å²) in [5.41, 5.74) is 0.303. The summed E-state index contributed by atoms with van der Waals surface area (Å²) in [7, 11) is 0. The molecule has 5 nitrogen and oxygen atoms in total. The van der Waals surface area contributed by atoms with Crippen LogP contribution < -0.4 is 0 Å². The van der Waals surface area contributed by atoms with Crippen LogP contribution in [0.1, 0.15) is 28.5 Å². The summed E-state index contributed by atoms with van der Waals surface area (Å²) < 4.78 is 50.4. The molecule has 4 aromatic rings. The fourth-order valence-corrected chi connectivity index (χ4v) is 3.77. The lowest BCUT2D eigenvalue weighted by Crippen LogP contribution is -2.08. The largest absolute Gasteiger partial charge is 0.462 e. The van der Waals surface area contributed by atoms with Gasteiger partial charge in [-0.25, -0.2) is 27.5 Å². The molecule has 0 unspecified atom stereocenters. The van der Waals surface area contributed by atoms with Gasteiger partial charge in [0, 0.05) is 33.5 Å². The van der Waals surface area contributed by atoms with Crippen molar-refractivity contribution >= 4 is 23.2 Å². The first-order valence-corrected chi connectivity index (χ1v) is 10.1. The number of benzene rings is 2. The van der Waals surface area contributed by atoms with Crippen LogP contribution in [0.25, 0.3) is 28.0 Å². The Morgan fingerprint density at radius 2 is 1.81 bits per heavy atom. The van der Waals surface area contributed by atoms with Gasteiger partial charge in [-0.2, -0.15) is 5.10 Å². The molecule has 2 aromatic heterocycles. The van der Waals surface area contributed by atoms with Crippen LogP contribution in [0, 0.1) is 31.3 Å². The van der Waals surface area contributed by atoms with Gasteiger partial charge in [-0.1, -0.05) is 29.8 Å². The van der Waals surface area contributed by atoms with Crippen molar-refractivity contribution in [3.05, 3.63) is 75.8 Å². The first-order chi connectivity index (χ1) is 15.3. The van der Waals surface area contributed by atoms with Gasteiger partial charge < -0.3 is 4.74 Å². The number of fused-ring (bicyclic) bond motifs is 1. The highest BCUT2D eigenvalue weighted by molar-refractivity contribution is 6.33. The first kappa shape index (κ1) is 21.8. The van der Waals surface area contributed by atoms with E-state index in [1.54, 1.807) is 38.1 Å². The van der Waals surface area contributed by atoms with Crippen LogP contribution in [0.15, 0.2) is 36.5 Å². The summed E-state index contributed by atoms with van der Waals surface area (Å²) in [5.74, 6) is -4.16. The molecule has 4 rings (SSSR count). The third-order valence-electron chi connectivity index (χ3n) is 5.11. The Kier molecular flexibility index (Phi) is 5.64. The number of rotatable bonds is 4. The Labute approximate surface area is 186 Å². The van der Waals surface area contributed by atoms with E-state index in [4.69, 9.17) is 16.3 Å². The number of esters is 1. The minimum absolute atomic E-state index is 0.00273. The molecule has 0 N–H and O–H groups in total. The summed E-state index contributed by atoms with van der Waals surface area (Å²) in [5, 5.41) is 4.65. The van der Waals surface area contributed by atoms with E-state index in [1.807, 2.05) is 0 Å². The molecule has 0 fully saturated rings. The summed E-state index contributed by atoms with van der Waals surface area (Å²) >= 11 is 6.35. The van der Waals surface area contributed by atoms with Crippen LogP contribution in [0.5, 0.6) is 0 Å². The van der Waals surface area contributed by atoms with E-state index in [0.717, 1.165) is 13.0 Å². The third kappa shape index (κ3) is 3.40. The van der Waals surface area contributed by atoms with Crippen molar-refractivity contribution in [3.8, 4) is 22.4 Å². The third-order valence-corrected chi connectivity index (χ3v) is 5.43. The van der Waals surface area contributed by atoms with Crippen molar-refractivity contribution in [3.63, 3.8) is 0 Å². The highest BCUT2D eigenvalue weighted by Crippen LogP contribution is 2.38. The van der Waals surface area contributed by atoms with Crippen molar-refractivity contribution in [2.45, 2.75) is 20.8 Å². The van der Waals surface area contributed by atoms with Crippen molar-refractivity contribution in [2.24, 2.45) is 0 Å². The van der Waals surface area contributed by atoms with Crippen LogP contribution >= 0.6 is 11.6 Å². The molecule has 2 aromatic carbocycles. The zero-order valence-electron chi connectivity index (χ0n) is 17.3. The molecular formula is C23H17ClF3N3O2. The highest BCUT2D eigenvalue weighted by atomic mass is 35.5. The molecule has 0 amide bonds. The fourth-order valence-electron chi connectivity index (χ4n) is 3.53. The summed E-state index contributed by atoms with van der Waals surface area (Å²) in [6, 6.07) is 7.59. The number of nitrogens with zero attached hydrogens (tertiary/aromatic N) is 3. The lowest BCUT2D eigenvalue weighted by molar-refractivity contribution is 0.0527. The van der Waals surface area contributed by atoms with E-state index in [1.165, 1.54) is 10.7 Å². The molecule has 0 aliphatic heterocycles. The summed E-state index contributed by atoms with van der Waals surface area (Å²) in [6.07, 6.45) is 1.37. The smallest absolute Gasteiger partial charge is 0.343 e. The topological polar surface area (TPSA) is 56.5 Å². The van der Waals surface area contributed by atoms with Crippen molar-refractivity contribution in [1.29, 1.82) is 0 Å². The Bertz CT molecular complexity index is 1390. The molecular weight excluding hydrogens is 443 g/mol. The fraction of sp³-hybridized carbons (Fsp3) is 0.174. The predicted molar refractivity (Wildman–Crippen MR) is 114 cm³/mol. The molecule has 0 aliphatic carbocycles. The average molecular weight is 460 g/mol. The minimum Gasteiger partial charge on any atom is -0.462 e. The highest BCUT2D eigenvalue weighted by Gasteiger charge is 2.27. The van der Waals surface area contributed by atoms with E-state index < -0.39 is 29.0 Å². The van der Waals surface area contributed by atoms with Gasteiger partial charge in [0.25, 0.3) is 0 Å². The molecule has 0 spiro atoms. The number of hydrogen-bond donors (Lipinski definition) is 0. The maximum Gasteiger partial charge on any atom is 0.343 e. The van der Waals surface area contributed by atoms with Crippen molar-refractivity contribution in [2.75, 3.05) is 6.61 Å². The van der Waals surface area contributed by atoms with Crippen LogP contribution in [-0.2, 0) is 4.74 Å². The number of aromatic nitrogens is 3. The van der Waals surface area contributed by atoms with Gasteiger partial charge in [0.15, 0.2) is 17.3 Å². The normalized spacial score (nSPS) is 11.2. The van der Waals surface area contributed by atoms with Gasteiger partial charge in [0.1, 0.15) is 11.4 Å². The Balaban J connectivity index is 2.16. The maximum absolute atomic E-state index is 15.1. The molecule has 0 aliphatic rings. The minimum atomic E-state index is -1.32. The zero-order chi connectivity index (χ0) is 23.2. The van der Waals surface area contributed by atoms with Gasteiger partial charge in [-0.3, -0.25) is 0 Å². The molecule has 0 saturated carbocycles. The van der Waals surface area contributed by atoms with Crippen LogP contribution in [0.2, 0.25) is 5.02 Å². The lowest BCUT2D eigenvalue weighted by atomic mass is 9.98. The second-order valence-electron chi connectivity index (χ2n) is 7.08. The van der Waals surface area contributed by atoms with Crippen molar-refractivity contribution < 1.29 is 22.7 Å². The number of halogens is 4. The summed E-state index contributed by atoms with van der Waals surface area (Å²) in [4.78, 5) is 16.8. The van der Waals surface area contributed by atoms with E-state index in [2.05, 4.69) is 10.1 Å². The van der Waals surface area contributed by atoms with E-state index in [9.17, 15) is 13.6 Å². The van der Waals surface area contributed by atoms with Gasteiger partial charge >= 0.3 is 5.97 Å². The zero-order valence-corrected chi connectivity index (χ0v) is 18.1. The second-order valence-corrected chi connectivity index (χ2v) is 7.48.